The van der Waals surface area contributed by atoms with Gasteiger partial charge >= 0.3 is 0 Å². The van der Waals surface area contributed by atoms with E-state index in [-0.39, 0.29) is 12.3 Å². The van der Waals surface area contributed by atoms with Crippen LogP contribution in [0.2, 0.25) is 0 Å². The molecule has 6 nitrogen and oxygen atoms in total. The number of hydrogen-bond donors (Lipinski definition) is 3. The van der Waals surface area contributed by atoms with Crippen LogP contribution in [0.25, 0.3) is 0 Å². The first-order valence-electron chi connectivity index (χ1n) is 16.6. The number of carbonyl (C=O) groups excluding carboxylic acids is 1. The maximum absolute atomic E-state index is 12.4. The van der Waals surface area contributed by atoms with Crippen LogP contribution in [0.1, 0.15) is 104 Å². The largest absolute Gasteiger partial charge is 0.387 e. The Bertz CT molecular complexity index is 1110. The van der Waals surface area contributed by atoms with Gasteiger partial charge in [0.05, 0.1) is 17.9 Å². The van der Waals surface area contributed by atoms with Crippen LogP contribution in [-0.2, 0) is 14.9 Å². The van der Waals surface area contributed by atoms with Crippen molar-refractivity contribution in [3.63, 3.8) is 0 Å². The van der Waals surface area contributed by atoms with Gasteiger partial charge in [0.1, 0.15) is 0 Å². The molecule has 0 heterocycles. The third-order valence-corrected chi connectivity index (χ3v) is 7.29. The number of allylic oxidation sites excluding steroid dienone is 17. The van der Waals surface area contributed by atoms with E-state index < -0.39 is 28.0 Å². The number of carbonyl (C=O) groups is 1. The number of aliphatic hydroxyl groups is 1. The van der Waals surface area contributed by atoms with Crippen molar-refractivity contribution in [2.45, 2.75) is 116 Å². The minimum absolute atomic E-state index is 0.221. The summed E-state index contributed by atoms with van der Waals surface area (Å²) in [5.74, 6) is -1.09. The minimum Gasteiger partial charge on any atom is -0.387 e. The molecular formula is C38H59NO5S. The van der Waals surface area contributed by atoms with Gasteiger partial charge in [0.25, 0.3) is 10.1 Å². The molecule has 0 aliphatic carbocycles. The summed E-state index contributed by atoms with van der Waals surface area (Å²) in [6, 6.07) is -1.11. The maximum atomic E-state index is 12.4. The average molecular weight is 642 g/mol. The van der Waals surface area contributed by atoms with Gasteiger partial charge < -0.3 is 10.4 Å². The molecule has 0 fully saturated rings. The van der Waals surface area contributed by atoms with Gasteiger partial charge in [-0.3, -0.25) is 9.35 Å². The van der Waals surface area contributed by atoms with Crippen LogP contribution in [0.4, 0.5) is 0 Å². The van der Waals surface area contributed by atoms with Crippen molar-refractivity contribution in [2.24, 2.45) is 0 Å². The molecule has 7 heteroatoms. The van der Waals surface area contributed by atoms with Crippen molar-refractivity contribution in [3.05, 3.63) is 109 Å². The molecule has 0 aromatic carbocycles. The zero-order chi connectivity index (χ0) is 33.3. The Balaban J connectivity index is 4.16. The molecular weight excluding hydrogens is 582 g/mol. The van der Waals surface area contributed by atoms with Crippen LogP contribution in [0.15, 0.2) is 109 Å². The van der Waals surface area contributed by atoms with E-state index in [1.807, 2.05) is 13.0 Å². The summed E-state index contributed by atoms with van der Waals surface area (Å²) in [6.07, 6.45) is 48.1. The molecule has 2 unspecified atom stereocenters. The lowest BCUT2D eigenvalue weighted by Crippen LogP contribution is -2.46. The smallest absolute Gasteiger partial charge is 0.267 e. The van der Waals surface area contributed by atoms with E-state index in [0.717, 1.165) is 70.6 Å². The van der Waals surface area contributed by atoms with Crippen LogP contribution in [-0.4, -0.2) is 41.9 Å². The fraction of sp³-hybridized carbons (Fsp3) is 0.500. The van der Waals surface area contributed by atoms with Gasteiger partial charge in [-0.2, -0.15) is 8.42 Å². The lowest BCUT2D eigenvalue weighted by Gasteiger charge is -2.21. The van der Waals surface area contributed by atoms with Crippen LogP contribution >= 0.6 is 0 Å². The van der Waals surface area contributed by atoms with E-state index in [1.54, 1.807) is 6.08 Å². The first-order chi connectivity index (χ1) is 21.8. The summed E-state index contributed by atoms with van der Waals surface area (Å²) in [6.45, 7) is 4.13. The fourth-order valence-corrected chi connectivity index (χ4v) is 4.81. The summed E-state index contributed by atoms with van der Waals surface area (Å²) >= 11 is 0. The Labute approximate surface area is 274 Å². The number of nitrogens with one attached hydrogen (secondary N) is 1. The molecule has 1 amide bonds. The number of aliphatic hydroxyl groups excluding tert-OH is 1. The number of unbranched alkanes of at least 4 members (excludes halogenated alkanes) is 4. The molecule has 0 aliphatic heterocycles. The molecule has 0 saturated heterocycles. The van der Waals surface area contributed by atoms with E-state index in [0.29, 0.717) is 12.8 Å². The van der Waals surface area contributed by atoms with Crippen molar-refractivity contribution < 1.29 is 22.9 Å². The minimum atomic E-state index is -4.37. The summed E-state index contributed by atoms with van der Waals surface area (Å²) < 4.78 is 32.2. The molecule has 252 valence electrons. The molecule has 0 spiro atoms. The molecule has 0 rings (SSSR count). The Morgan fingerprint density at radius 2 is 1.09 bits per heavy atom. The number of hydrogen-bond acceptors (Lipinski definition) is 4. The highest BCUT2D eigenvalue weighted by Crippen LogP contribution is 2.07. The van der Waals surface area contributed by atoms with E-state index >= 15 is 0 Å². The SMILES string of the molecule is C/C=C/CC/C=C/CC/C=C/C(O)C(CS(=O)(=O)O)NC(=O)CCCC/C=C\C/C=C\C/C=C\C/C=C\C/C=C\C/C=C\CC. The zero-order valence-electron chi connectivity index (χ0n) is 27.7. The van der Waals surface area contributed by atoms with Gasteiger partial charge in [0.15, 0.2) is 0 Å². The summed E-state index contributed by atoms with van der Waals surface area (Å²) in [5.41, 5.74) is 0. The molecule has 45 heavy (non-hydrogen) atoms. The van der Waals surface area contributed by atoms with E-state index in [4.69, 9.17) is 0 Å². The summed E-state index contributed by atoms with van der Waals surface area (Å²) in [5, 5.41) is 13.0. The van der Waals surface area contributed by atoms with Crippen LogP contribution in [0, 0.1) is 0 Å². The van der Waals surface area contributed by atoms with Crippen molar-refractivity contribution in [1.29, 1.82) is 0 Å². The number of amides is 1. The van der Waals surface area contributed by atoms with Crippen molar-refractivity contribution in [1.82, 2.24) is 5.32 Å². The summed E-state index contributed by atoms with van der Waals surface area (Å²) in [7, 11) is -4.37. The molecule has 0 aromatic heterocycles. The average Bonchev–Trinajstić information content (AvgIpc) is 3.00. The quantitative estimate of drug-likeness (QED) is 0.0471. The van der Waals surface area contributed by atoms with Crippen molar-refractivity contribution >= 4 is 16.0 Å². The molecule has 0 aromatic rings. The summed E-state index contributed by atoms with van der Waals surface area (Å²) in [4.78, 5) is 12.4. The van der Waals surface area contributed by atoms with Crippen molar-refractivity contribution in [3.8, 4) is 0 Å². The van der Waals surface area contributed by atoms with E-state index in [2.05, 4.69) is 103 Å². The maximum Gasteiger partial charge on any atom is 0.267 e. The van der Waals surface area contributed by atoms with Crippen LogP contribution < -0.4 is 5.32 Å². The monoisotopic (exact) mass is 641 g/mol. The van der Waals surface area contributed by atoms with Gasteiger partial charge in [0.2, 0.25) is 5.91 Å². The lowest BCUT2D eigenvalue weighted by atomic mass is 10.1. The van der Waals surface area contributed by atoms with Gasteiger partial charge in [0, 0.05) is 6.42 Å². The van der Waals surface area contributed by atoms with Gasteiger partial charge in [-0.05, 0) is 90.4 Å². The topological polar surface area (TPSA) is 104 Å². The molecule has 0 aliphatic rings. The Morgan fingerprint density at radius 3 is 1.58 bits per heavy atom. The number of rotatable bonds is 27. The lowest BCUT2D eigenvalue weighted by molar-refractivity contribution is -0.122. The Kier molecular flexibility index (Phi) is 28.9. The second-order valence-corrected chi connectivity index (χ2v) is 12.2. The highest BCUT2D eigenvalue weighted by molar-refractivity contribution is 7.85. The third-order valence-electron chi connectivity index (χ3n) is 6.51. The molecule has 0 saturated carbocycles. The second kappa shape index (κ2) is 31.0. The van der Waals surface area contributed by atoms with Gasteiger partial charge in [-0.15, -0.1) is 0 Å². The molecule has 0 bridgehead atoms. The standard InChI is InChI=1S/C38H59NO5S/c1-3-5-7-9-11-13-14-15-16-17-18-19-20-21-22-23-24-26-28-30-32-34-38(41)39-36(35-45(42,43)44)37(40)33-31-29-27-25-12-10-8-6-4-2/h4-7,11-13,15-16,18-19,21-22,24-26,31,33,36-37,40H,3,8-10,14,17,20,23,27-30,32,34-35H2,1-2H3,(H,39,41)(H,42,43,44)/b6-4+,7-5-,13-11-,16-15-,19-18-,22-21-,25-12+,26-24-,33-31+. The van der Waals surface area contributed by atoms with E-state index in [1.165, 1.54) is 6.08 Å². The molecule has 3 N–H and O–H groups in total. The van der Waals surface area contributed by atoms with Gasteiger partial charge in [-0.1, -0.05) is 116 Å². The Morgan fingerprint density at radius 1 is 0.644 bits per heavy atom. The van der Waals surface area contributed by atoms with Crippen LogP contribution in [0.3, 0.4) is 0 Å². The Hall–Kier alpha value is -3.00. The zero-order valence-corrected chi connectivity index (χ0v) is 28.5. The van der Waals surface area contributed by atoms with Gasteiger partial charge in [-0.25, -0.2) is 0 Å². The predicted octanol–water partition coefficient (Wildman–Crippen LogP) is 9.23. The predicted molar refractivity (Wildman–Crippen MR) is 193 cm³/mol. The van der Waals surface area contributed by atoms with Crippen LogP contribution in [0.5, 0.6) is 0 Å². The first kappa shape index (κ1) is 42.0. The fourth-order valence-electron chi connectivity index (χ4n) is 4.08. The highest BCUT2D eigenvalue weighted by Gasteiger charge is 2.24. The molecule has 2 atom stereocenters. The molecule has 0 radical (unpaired) electrons. The highest BCUT2D eigenvalue weighted by atomic mass is 32.2. The van der Waals surface area contributed by atoms with Crippen molar-refractivity contribution in [2.75, 3.05) is 5.75 Å². The van der Waals surface area contributed by atoms with E-state index in [9.17, 15) is 22.9 Å². The second-order valence-electron chi connectivity index (χ2n) is 10.7. The first-order valence-corrected chi connectivity index (χ1v) is 18.2. The third kappa shape index (κ3) is 32.2. The normalized spacial score (nSPS) is 14.8.